The molecular weight excluding hydrogens is 435 g/mol. The molecule has 0 spiro atoms. The number of fused-ring (bicyclic) bond motifs is 5. The third kappa shape index (κ3) is 3.09. The molecule has 4 aromatic rings. The van der Waals surface area contributed by atoms with Crippen LogP contribution >= 0.6 is 0 Å². The van der Waals surface area contributed by atoms with Crippen LogP contribution in [0, 0.1) is 34.9 Å². The number of carbonyl (C=O) groups excluding carboxylic acids is 1. The Balaban J connectivity index is 1.50. The van der Waals surface area contributed by atoms with Crippen LogP contribution in [0.3, 0.4) is 0 Å². The summed E-state index contributed by atoms with van der Waals surface area (Å²) in [5.41, 5.74) is 2.19. The molecule has 3 saturated carbocycles. The molecule has 3 aliphatic rings. The molecule has 4 heterocycles. The SMILES string of the molecule is CCOC(=O)[C@@H]1C2CCC(CC2)[C@H]1n1cc(F)c2cnc(-c3c[nH]c4ncc(C#N)cc34)nc21. The van der Waals surface area contributed by atoms with Gasteiger partial charge >= 0.3 is 5.97 Å². The van der Waals surface area contributed by atoms with E-state index in [4.69, 9.17) is 9.72 Å². The summed E-state index contributed by atoms with van der Waals surface area (Å²) in [5, 5.41) is 10.3. The molecule has 1 N–H and O–H groups in total. The van der Waals surface area contributed by atoms with Gasteiger partial charge in [-0.3, -0.25) is 4.79 Å². The van der Waals surface area contributed by atoms with Crippen molar-refractivity contribution in [3.05, 3.63) is 42.2 Å². The molecule has 0 amide bonds. The van der Waals surface area contributed by atoms with Crippen LogP contribution in [0.1, 0.15) is 44.2 Å². The lowest BCUT2D eigenvalue weighted by atomic mass is 9.61. The molecule has 0 aromatic carbocycles. The van der Waals surface area contributed by atoms with E-state index < -0.39 is 5.82 Å². The van der Waals surface area contributed by atoms with E-state index in [9.17, 15) is 10.1 Å². The zero-order valence-corrected chi connectivity index (χ0v) is 18.7. The van der Waals surface area contributed by atoms with E-state index in [-0.39, 0.29) is 29.8 Å². The third-order valence-corrected chi connectivity index (χ3v) is 7.48. The topological polar surface area (TPSA) is 109 Å². The molecule has 7 rings (SSSR count). The Hall–Kier alpha value is -3.80. The number of hydrogen-bond donors (Lipinski definition) is 1. The van der Waals surface area contributed by atoms with E-state index in [1.807, 2.05) is 11.5 Å². The monoisotopic (exact) mass is 458 g/mol. The summed E-state index contributed by atoms with van der Waals surface area (Å²) >= 11 is 0. The van der Waals surface area contributed by atoms with Crippen molar-refractivity contribution in [2.75, 3.05) is 6.61 Å². The predicted octanol–water partition coefficient (Wildman–Crippen LogP) is 4.53. The number of hydrogen-bond acceptors (Lipinski definition) is 6. The summed E-state index contributed by atoms with van der Waals surface area (Å²) in [6.07, 6.45) is 10.2. The van der Waals surface area contributed by atoms with Crippen molar-refractivity contribution in [1.82, 2.24) is 24.5 Å². The molecule has 9 heteroatoms. The van der Waals surface area contributed by atoms with Gasteiger partial charge in [-0.2, -0.15) is 5.26 Å². The highest BCUT2D eigenvalue weighted by Crippen LogP contribution is 2.52. The van der Waals surface area contributed by atoms with E-state index in [1.54, 1.807) is 12.3 Å². The van der Waals surface area contributed by atoms with Gasteiger partial charge in [0.15, 0.2) is 11.6 Å². The second kappa shape index (κ2) is 7.90. The predicted molar refractivity (Wildman–Crippen MR) is 122 cm³/mol. The number of ether oxygens (including phenoxy) is 1. The minimum absolute atomic E-state index is 0.198. The van der Waals surface area contributed by atoms with Crippen LogP contribution in [0.2, 0.25) is 0 Å². The summed E-state index contributed by atoms with van der Waals surface area (Å²) in [5.74, 6) is -0.00798. The zero-order valence-electron chi connectivity index (χ0n) is 18.7. The molecule has 4 aromatic heterocycles. The molecule has 3 aliphatic carbocycles. The van der Waals surface area contributed by atoms with Gasteiger partial charge in [0.25, 0.3) is 0 Å². The highest BCUT2D eigenvalue weighted by molar-refractivity contribution is 5.93. The second-order valence-corrected chi connectivity index (χ2v) is 9.19. The van der Waals surface area contributed by atoms with Crippen LogP contribution in [0.4, 0.5) is 4.39 Å². The smallest absolute Gasteiger partial charge is 0.311 e. The third-order valence-electron chi connectivity index (χ3n) is 7.48. The van der Waals surface area contributed by atoms with Crippen molar-refractivity contribution in [3.8, 4) is 17.5 Å². The van der Waals surface area contributed by atoms with Gasteiger partial charge in [-0.1, -0.05) is 0 Å². The minimum Gasteiger partial charge on any atom is -0.466 e. The van der Waals surface area contributed by atoms with Gasteiger partial charge in [0.2, 0.25) is 0 Å². The first kappa shape index (κ1) is 20.8. The molecule has 34 heavy (non-hydrogen) atoms. The number of pyridine rings is 1. The molecular formula is C25H23FN6O2. The normalized spacial score (nSPS) is 23.9. The van der Waals surface area contributed by atoms with Crippen LogP contribution in [0.25, 0.3) is 33.5 Å². The Morgan fingerprint density at radius 3 is 2.79 bits per heavy atom. The van der Waals surface area contributed by atoms with Crippen LogP contribution in [-0.4, -0.2) is 37.1 Å². The minimum atomic E-state index is -0.405. The van der Waals surface area contributed by atoms with Gasteiger partial charge in [0.1, 0.15) is 17.4 Å². The molecule has 0 unspecified atom stereocenters. The molecule has 0 radical (unpaired) electrons. The van der Waals surface area contributed by atoms with Crippen LogP contribution in [0.5, 0.6) is 0 Å². The fraction of sp³-hybridized carbons (Fsp3) is 0.400. The number of rotatable bonds is 4. The maximum Gasteiger partial charge on any atom is 0.311 e. The zero-order chi connectivity index (χ0) is 23.4. The Morgan fingerprint density at radius 1 is 1.24 bits per heavy atom. The fourth-order valence-corrected chi connectivity index (χ4v) is 5.99. The Kier molecular flexibility index (Phi) is 4.83. The highest BCUT2D eigenvalue weighted by atomic mass is 19.1. The summed E-state index contributed by atoms with van der Waals surface area (Å²) in [4.78, 5) is 29.5. The van der Waals surface area contributed by atoms with Crippen LogP contribution in [-0.2, 0) is 9.53 Å². The maximum atomic E-state index is 15.0. The van der Waals surface area contributed by atoms with Gasteiger partial charge < -0.3 is 14.3 Å². The van der Waals surface area contributed by atoms with Crippen molar-refractivity contribution in [2.45, 2.75) is 38.6 Å². The van der Waals surface area contributed by atoms with Gasteiger partial charge in [-0.25, -0.2) is 19.3 Å². The van der Waals surface area contributed by atoms with Gasteiger partial charge in [-0.05, 0) is 50.5 Å². The first-order valence-corrected chi connectivity index (χ1v) is 11.7. The lowest BCUT2D eigenvalue weighted by Gasteiger charge is -2.47. The number of aromatic amines is 1. The average molecular weight is 458 g/mol. The van der Waals surface area contributed by atoms with Crippen LogP contribution in [0.15, 0.2) is 30.9 Å². The number of halogens is 1. The van der Waals surface area contributed by atoms with E-state index in [0.717, 1.165) is 31.1 Å². The van der Waals surface area contributed by atoms with Crippen molar-refractivity contribution >= 4 is 28.0 Å². The summed E-state index contributed by atoms with van der Waals surface area (Å²) in [6.45, 7) is 2.14. The number of H-pyrrole nitrogens is 1. The highest BCUT2D eigenvalue weighted by Gasteiger charge is 2.49. The number of nitrogens with one attached hydrogen (secondary N) is 1. The van der Waals surface area contributed by atoms with E-state index in [2.05, 4.69) is 21.0 Å². The maximum absolute atomic E-state index is 15.0. The summed E-state index contributed by atoms with van der Waals surface area (Å²) in [6, 6.07) is 3.64. The van der Waals surface area contributed by atoms with E-state index in [1.165, 1.54) is 18.6 Å². The molecule has 2 atom stereocenters. The molecule has 172 valence electrons. The Labute approximate surface area is 194 Å². The standard InChI is InChI=1S/C25H23FN6O2/c1-2-34-25(33)20-14-3-5-15(6-4-14)21(20)32-12-19(26)18-11-30-23(31-24(18)32)17-10-29-22-16(17)7-13(8-27)9-28-22/h7,9-12,14-15,20-21H,2-6H2,1H3,(H,28,29)/t14?,15?,20-,21-/m1/s1. The first-order valence-electron chi connectivity index (χ1n) is 11.7. The van der Waals surface area contributed by atoms with Gasteiger partial charge in [0.05, 0.1) is 29.5 Å². The summed E-state index contributed by atoms with van der Waals surface area (Å²) < 4.78 is 22.3. The van der Waals surface area contributed by atoms with Crippen LogP contribution < -0.4 is 0 Å². The molecule has 8 nitrogen and oxygen atoms in total. The average Bonchev–Trinajstić information content (AvgIpc) is 3.44. The van der Waals surface area contributed by atoms with Crippen molar-refractivity contribution in [2.24, 2.45) is 17.8 Å². The Bertz CT molecular complexity index is 1460. The number of carbonyl (C=O) groups is 1. The Morgan fingerprint density at radius 2 is 2.03 bits per heavy atom. The number of nitrogens with zero attached hydrogens (tertiary/aromatic N) is 5. The number of esters is 1. The molecule has 0 saturated heterocycles. The molecule has 3 fully saturated rings. The quantitative estimate of drug-likeness (QED) is 0.450. The van der Waals surface area contributed by atoms with E-state index >= 15 is 4.39 Å². The van der Waals surface area contributed by atoms with Gasteiger partial charge in [0, 0.05) is 35.7 Å². The van der Waals surface area contributed by atoms with Crippen molar-refractivity contribution < 1.29 is 13.9 Å². The van der Waals surface area contributed by atoms with Crippen molar-refractivity contribution in [1.29, 1.82) is 5.26 Å². The lowest BCUT2D eigenvalue weighted by Crippen LogP contribution is -2.45. The van der Waals surface area contributed by atoms with Crippen molar-refractivity contribution in [3.63, 3.8) is 0 Å². The molecule has 2 bridgehead atoms. The first-order chi connectivity index (χ1) is 16.6. The van der Waals surface area contributed by atoms with Gasteiger partial charge in [-0.15, -0.1) is 0 Å². The summed E-state index contributed by atoms with van der Waals surface area (Å²) in [7, 11) is 0. The largest absolute Gasteiger partial charge is 0.466 e. The van der Waals surface area contributed by atoms with E-state index in [0.29, 0.717) is 40.2 Å². The second-order valence-electron chi connectivity index (χ2n) is 9.19. The number of nitriles is 1. The number of aromatic nitrogens is 5. The molecule has 0 aliphatic heterocycles. The lowest BCUT2D eigenvalue weighted by molar-refractivity contribution is -0.157. The fourth-order valence-electron chi connectivity index (χ4n) is 5.99.